The van der Waals surface area contributed by atoms with E-state index in [0.29, 0.717) is 5.56 Å². The smallest absolute Gasteiger partial charge is 0.257 e. The minimum absolute atomic E-state index is 0.0170. The van der Waals surface area contributed by atoms with Gasteiger partial charge in [0.05, 0.1) is 5.56 Å². The van der Waals surface area contributed by atoms with Gasteiger partial charge >= 0.3 is 0 Å². The molecule has 1 unspecified atom stereocenters. The van der Waals surface area contributed by atoms with Gasteiger partial charge in [0.2, 0.25) is 0 Å². The molecule has 17 heavy (non-hydrogen) atoms. The first kappa shape index (κ1) is 13.5. The SMILES string of the molecule is CCCC(C)N(C)C(=O)c1cnccc1NC. The summed E-state index contributed by atoms with van der Waals surface area (Å²) < 4.78 is 0. The summed E-state index contributed by atoms with van der Waals surface area (Å²) in [6, 6.07) is 2.06. The van der Waals surface area contributed by atoms with Crippen molar-refractivity contribution in [2.75, 3.05) is 19.4 Å². The first-order valence-electron chi connectivity index (χ1n) is 6.00. The van der Waals surface area contributed by atoms with Crippen molar-refractivity contribution >= 4 is 11.6 Å². The summed E-state index contributed by atoms with van der Waals surface area (Å²) in [5.74, 6) is 0.0170. The molecule has 0 aliphatic heterocycles. The Bertz CT molecular complexity index is 379. The van der Waals surface area contributed by atoms with E-state index in [2.05, 4.69) is 24.1 Å². The molecule has 4 heteroatoms. The summed E-state index contributed by atoms with van der Waals surface area (Å²) in [6.07, 6.45) is 5.38. The Morgan fingerprint density at radius 3 is 2.88 bits per heavy atom. The Kier molecular flexibility index (Phi) is 4.94. The predicted octanol–water partition coefficient (Wildman–Crippen LogP) is 2.38. The Morgan fingerprint density at radius 2 is 2.29 bits per heavy atom. The fraction of sp³-hybridized carbons (Fsp3) is 0.538. The molecule has 4 nitrogen and oxygen atoms in total. The van der Waals surface area contributed by atoms with Crippen LogP contribution in [-0.4, -0.2) is 35.9 Å². The van der Waals surface area contributed by atoms with Crippen LogP contribution in [0.15, 0.2) is 18.5 Å². The summed E-state index contributed by atoms with van der Waals surface area (Å²) in [5, 5.41) is 3.01. The molecule has 1 N–H and O–H groups in total. The van der Waals surface area contributed by atoms with E-state index in [1.165, 1.54) is 0 Å². The average molecular weight is 235 g/mol. The van der Waals surface area contributed by atoms with Gasteiger partial charge in [-0.1, -0.05) is 13.3 Å². The van der Waals surface area contributed by atoms with E-state index >= 15 is 0 Å². The second-order valence-electron chi connectivity index (χ2n) is 4.23. The monoisotopic (exact) mass is 235 g/mol. The van der Waals surface area contributed by atoms with Crippen LogP contribution >= 0.6 is 0 Å². The number of nitrogens with zero attached hydrogens (tertiary/aromatic N) is 2. The highest BCUT2D eigenvalue weighted by Crippen LogP contribution is 2.16. The van der Waals surface area contributed by atoms with E-state index in [4.69, 9.17) is 0 Å². The normalized spacial score (nSPS) is 12.0. The molecule has 1 atom stereocenters. The Labute approximate surface area is 103 Å². The molecule has 0 fully saturated rings. The van der Waals surface area contributed by atoms with Crippen molar-refractivity contribution in [1.29, 1.82) is 0 Å². The van der Waals surface area contributed by atoms with E-state index in [1.54, 1.807) is 17.3 Å². The zero-order chi connectivity index (χ0) is 12.8. The first-order valence-corrected chi connectivity index (χ1v) is 6.00. The first-order chi connectivity index (χ1) is 8.11. The van der Waals surface area contributed by atoms with Gasteiger partial charge in [-0.15, -0.1) is 0 Å². The Morgan fingerprint density at radius 1 is 1.59 bits per heavy atom. The molecule has 0 aliphatic carbocycles. The van der Waals surface area contributed by atoms with Gasteiger partial charge in [-0.05, 0) is 19.4 Å². The second kappa shape index (κ2) is 6.23. The molecule has 0 aliphatic rings. The maximum absolute atomic E-state index is 12.3. The van der Waals surface area contributed by atoms with E-state index in [9.17, 15) is 4.79 Å². The molecule has 0 saturated heterocycles. The molecule has 0 spiro atoms. The van der Waals surface area contributed by atoms with Crippen LogP contribution in [0.4, 0.5) is 5.69 Å². The van der Waals surface area contributed by atoms with Crippen LogP contribution < -0.4 is 5.32 Å². The van der Waals surface area contributed by atoms with E-state index in [1.807, 2.05) is 20.2 Å². The highest BCUT2D eigenvalue weighted by Gasteiger charge is 2.19. The fourth-order valence-electron chi connectivity index (χ4n) is 1.78. The number of hydrogen-bond donors (Lipinski definition) is 1. The number of carbonyl (C=O) groups is 1. The van der Waals surface area contributed by atoms with Crippen LogP contribution in [0.1, 0.15) is 37.0 Å². The molecular weight excluding hydrogens is 214 g/mol. The number of nitrogens with one attached hydrogen (secondary N) is 1. The van der Waals surface area contributed by atoms with Gasteiger partial charge < -0.3 is 10.2 Å². The van der Waals surface area contributed by atoms with Crippen LogP contribution in [0.2, 0.25) is 0 Å². The molecule has 1 amide bonds. The summed E-state index contributed by atoms with van der Waals surface area (Å²) in [5.41, 5.74) is 1.45. The van der Waals surface area contributed by atoms with Gasteiger partial charge in [0.1, 0.15) is 0 Å². The number of anilines is 1. The average Bonchev–Trinajstić information content (AvgIpc) is 2.37. The van der Waals surface area contributed by atoms with Crippen molar-refractivity contribution in [1.82, 2.24) is 9.88 Å². The molecule has 0 aromatic carbocycles. The van der Waals surface area contributed by atoms with Crippen molar-refractivity contribution in [3.63, 3.8) is 0 Å². The summed E-state index contributed by atoms with van der Waals surface area (Å²) in [7, 11) is 3.65. The summed E-state index contributed by atoms with van der Waals surface area (Å²) >= 11 is 0. The standard InChI is InChI=1S/C13H21N3O/c1-5-6-10(2)16(4)13(17)11-9-15-8-7-12(11)14-3/h7-10H,5-6H2,1-4H3,(H,14,15). The molecule has 94 valence electrons. The zero-order valence-corrected chi connectivity index (χ0v) is 11.0. The number of amides is 1. The molecule has 1 rings (SSSR count). The van der Waals surface area contributed by atoms with Crippen LogP contribution in [-0.2, 0) is 0 Å². The lowest BCUT2D eigenvalue weighted by atomic mass is 10.1. The number of aromatic nitrogens is 1. The van der Waals surface area contributed by atoms with E-state index < -0.39 is 0 Å². The van der Waals surface area contributed by atoms with Gasteiger partial charge in [0.25, 0.3) is 5.91 Å². The van der Waals surface area contributed by atoms with Crippen molar-refractivity contribution in [3.05, 3.63) is 24.0 Å². The van der Waals surface area contributed by atoms with Gasteiger partial charge in [0, 0.05) is 38.2 Å². The number of rotatable bonds is 5. The number of carbonyl (C=O) groups excluding carboxylic acids is 1. The van der Waals surface area contributed by atoms with Crippen molar-refractivity contribution < 1.29 is 4.79 Å². The Hall–Kier alpha value is -1.58. The summed E-state index contributed by atoms with van der Waals surface area (Å²) in [6.45, 7) is 4.19. The zero-order valence-electron chi connectivity index (χ0n) is 11.0. The second-order valence-corrected chi connectivity index (χ2v) is 4.23. The van der Waals surface area contributed by atoms with E-state index in [-0.39, 0.29) is 11.9 Å². The summed E-state index contributed by atoms with van der Waals surface area (Å²) in [4.78, 5) is 18.1. The van der Waals surface area contributed by atoms with Crippen molar-refractivity contribution in [2.45, 2.75) is 32.7 Å². The van der Waals surface area contributed by atoms with Crippen LogP contribution in [0.5, 0.6) is 0 Å². The third-order valence-electron chi connectivity index (χ3n) is 3.01. The quantitative estimate of drug-likeness (QED) is 0.852. The molecule has 1 aromatic heterocycles. The van der Waals surface area contributed by atoms with E-state index in [0.717, 1.165) is 18.5 Å². The lowest BCUT2D eigenvalue weighted by Gasteiger charge is -2.25. The van der Waals surface area contributed by atoms with Crippen molar-refractivity contribution in [3.8, 4) is 0 Å². The topological polar surface area (TPSA) is 45.2 Å². The lowest BCUT2D eigenvalue weighted by molar-refractivity contribution is 0.0737. The third kappa shape index (κ3) is 3.19. The number of hydrogen-bond acceptors (Lipinski definition) is 3. The maximum atomic E-state index is 12.3. The molecule has 0 radical (unpaired) electrons. The van der Waals surface area contributed by atoms with Gasteiger partial charge in [0.15, 0.2) is 0 Å². The lowest BCUT2D eigenvalue weighted by Crippen LogP contribution is -2.35. The third-order valence-corrected chi connectivity index (χ3v) is 3.01. The highest BCUT2D eigenvalue weighted by molar-refractivity contribution is 5.99. The van der Waals surface area contributed by atoms with Crippen LogP contribution in [0.3, 0.4) is 0 Å². The predicted molar refractivity (Wildman–Crippen MR) is 70.2 cm³/mol. The largest absolute Gasteiger partial charge is 0.387 e. The molecule has 1 aromatic rings. The Balaban J connectivity index is 2.88. The van der Waals surface area contributed by atoms with Crippen LogP contribution in [0, 0.1) is 0 Å². The van der Waals surface area contributed by atoms with Crippen molar-refractivity contribution in [2.24, 2.45) is 0 Å². The molecule has 1 heterocycles. The van der Waals surface area contributed by atoms with Gasteiger partial charge in [-0.3, -0.25) is 9.78 Å². The molecular formula is C13H21N3O. The molecule has 0 bridgehead atoms. The highest BCUT2D eigenvalue weighted by atomic mass is 16.2. The minimum atomic E-state index is 0.0170. The molecule has 0 saturated carbocycles. The number of pyridine rings is 1. The van der Waals surface area contributed by atoms with Gasteiger partial charge in [-0.25, -0.2) is 0 Å². The van der Waals surface area contributed by atoms with Gasteiger partial charge in [-0.2, -0.15) is 0 Å². The minimum Gasteiger partial charge on any atom is -0.387 e. The maximum Gasteiger partial charge on any atom is 0.257 e. The van der Waals surface area contributed by atoms with Crippen LogP contribution in [0.25, 0.3) is 0 Å². The fourth-order valence-corrected chi connectivity index (χ4v) is 1.78.